The molecular formula is C30H33Cl2N3O6S. The summed E-state index contributed by atoms with van der Waals surface area (Å²) < 4.78 is 38.2. The molecule has 3 aromatic rings. The molecule has 1 atom stereocenters. The van der Waals surface area contributed by atoms with Crippen molar-refractivity contribution in [2.45, 2.75) is 38.9 Å². The van der Waals surface area contributed by atoms with Gasteiger partial charge in [0, 0.05) is 40.7 Å². The van der Waals surface area contributed by atoms with Gasteiger partial charge < -0.3 is 19.7 Å². The Morgan fingerprint density at radius 1 is 0.929 bits per heavy atom. The van der Waals surface area contributed by atoms with Gasteiger partial charge in [0.15, 0.2) is 11.5 Å². The van der Waals surface area contributed by atoms with Crippen molar-refractivity contribution in [3.05, 3.63) is 87.9 Å². The van der Waals surface area contributed by atoms with Crippen molar-refractivity contribution in [2.75, 3.05) is 30.3 Å². The van der Waals surface area contributed by atoms with Crippen molar-refractivity contribution in [2.24, 2.45) is 0 Å². The van der Waals surface area contributed by atoms with Gasteiger partial charge in [-0.1, -0.05) is 59.6 Å². The third kappa shape index (κ3) is 7.87. The van der Waals surface area contributed by atoms with Crippen LogP contribution in [0.5, 0.6) is 11.5 Å². The Kier molecular flexibility index (Phi) is 10.2. The number of rotatable bonds is 11. The molecule has 0 saturated carbocycles. The summed E-state index contributed by atoms with van der Waals surface area (Å²) in [6, 6.07) is 17.7. The third-order valence-electron chi connectivity index (χ3n) is 6.59. The van der Waals surface area contributed by atoms with Gasteiger partial charge in [-0.05, 0) is 43.7 Å². The maximum atomic E-state index is 14.2. The van der Waals surface area contributed by atoms with Gasteiger partial charge >= 0.3 is 0 Å². The number of fused-ring (bicyclic) bond motifs is 1. The van der Waals surface area contributed by atoms with Crippen molar-refractivity contribution in [3.8, 4) is 11.5 Å². The first-order chi connectivity index (χ1) is 19.9. The highest BCUT2D eigenvalue weighted by Crippen LogP contribution is 2.35. The third-order valence-corrected chi connectivity index (χ3v) is 8.43. The fourth-order valence-corrected chi connectivity index (χ4v) is 5.95. The lowest BCUT2D eigenvalue weighted by Crippen LogP contribution is -2.54. The molecule has 0 aliphatic carbocycles. The number of carbonyl (C=O) groups excluding carboxylic acids is 2. The van der Waals surface area contributed by atoms with Crippen LogP contribution < -0.4 is 19.1 Å². The number of halogens is 2. The van der Waals surface area contributed by atoms with Gasteiger partial charge in [-0.2, -0.15) is 0 Å². The maximum Gasteiger partial charge on any atom is 0.244 e. The monoisotopic (exact) mass is 633 g/mol. The molecule has 0 bridgehead atoms. The van der Waals surface area contributed by atoms with E-state index in [1.54, 1.807) is 30.3 Å². The van der Waals surface area contributed by atoms with Crippen molar-refractivity contribution in [1.29, 1.82) is 0 Å². The van der Waals surface area contributed by atoms with E-state index in [1.165, 1.54) is 11.0 Å². The van der Waals surface area contributed by atoms with Crippen LogP contribution in [0.4, 0.5) is 5.69 Å². The Bertz CT molecular complexity index is 1510. The predicted molar refractivity (Wildman–Crippen MR) is 164 cm³/mol. The van der Waals surface area contributed by atoms with E-state index < -0.39 is 34.4 Å². The summed E-state index contributed by atoms with van der Waals surface area (Å²) in [7, 11) is -3.95. The van der Waals surface area contributed by atoms with Crippen molar-refractivity contribution < 1.29 is 27.5 Å². The standard InChI is InChI=1S/C30H33Cl2N3O6S/c1-20(2)33-30(37)26(16-21-8-5-4-6-9-21)34(18-23-24(31)10-7-11-25(23)32)29(36)19-35(42(3,38)39)22-12-13-27-28(17-22)41-15-14-40-27/h4-13,17,20,26H,14-16,18-19H2,1-3H3,(H,33,37). The summed E-state index contributed by atoms with van der Waals surface area (Å²) in [6.07, 6.45) is 1.19. The summed E-state index contributed by atoms with van der Waals surface area (Å²) in [5, 5.41) is 3.53. The zero-order valence-electron chi connectivity index (χ0n) is 23.5. The highest BCUT2D eigenvalue weighted by atomic mass is 35.5. The first-order valence-corrected chi connectivity index (χ1v) is 16.0. The van der Waals surface area contributed by atoms with Crippen molar-refractivity contribution in [1.82, 2.24) is 10.2 Å². The largest absolute Gasteiger partial charge is 0.486 e. The van der Waals surface area contributed by atoms with E-state index in [2.05, 4.69) is 5.32 Å². The molecular weight excluding hydrogens is 601 g/mol. The molecule has 1 aliphatic heterocycles. The number of ether oxygens (including phenoxy) is 2. The minimum Gasteiger partial charge on any atom is -0.486 e. The minimum atomic E-state index is -3.95. The molecule has 9 nitrogen and oxygen atoms in total. The lowest BCUT2D eigenvalue weighted by atomic mass is 10.0. The fourth-order valence-electron chi connectivity index (χ4n) is 4.59. The van der Waals surface area contributed by atoms with Gasteiger partial charge in [0.05, 0.1) is 11.9 Å². The lowest BCUT2D eigenvalue weighted by Gasteiger charge is -2.34. The number of hydrogen-bond donors (Lipinski definition) is 1. The Hall–Kier alpha value is -3.47. The number of amides is 2. The molecule has 3 aromatic carbocycles. The van der Waals surface area contributed by atoms with Crippen LogP contribution >= 0.6 is 23.2 Å². The molecule has 12 heteroatoms. The maximum absolute atomic E-state index is 14.2. The van der Waals surface area contributed by atoms with Gasteiger partial charge in [-0.3, -0.25) is 13.9 Å². The van der Waals surface area contributed by atoms with Crippen LogP contribution in [-0.2, 0) is 32.6 Å². The molecule has 1 unspecified atom stereocenters. The molecule has 42 heavy (non-hydrogen) atoms. The summed E-state index contributed by atoms with van der Waals surface area (Å²) in [5.41, 5.74) is 1.48. The molecule has 2 amide bonds. The molecule has 224 valence electrons. The summed E-state index contributed by atoms with van der Waals surface area (Å²) in [5.74, 6) is -0.160. The Morgan fingerprint density at radius 3 is 2.19 bits per heavy atom. The second kappa shape index (κ2) is 13.7. The Morgan fingerprint density at radius 2 is 1.57 bits per heavy atom. The van der Waals surface area contributed by atoms with Crippen LogP contribution in [0.2, 0.25) is 10.0 Å². The average Bonchev–Trinajstić information content (AvgIpc) is 2.94. The first kappa shape index (κ1) is 31.5. The van der Waals surface area contributed by atoms with E-state index in [9.17, 15) is 18.0 Å². The van der Waals surface area contributed by atoms with Crippen LogP contribution in [-0.4, -0.2) is 63.2 Å². The molecule has 0 aromatic heterocycles. The number of hydrogen-bond acceptors (Lipinski definition) is 6. The topological polar surface area (TPSA) is 105 Å². The second-order valence-electron chi connectivity index (χ2n) is 10.2. The van der Waals surface area contributed by atoms with E-state index in [-0.39, 0.29) is 24.7 Å². The summed E-state index contributed by atoms with van der Waals surface area (Å²) in [6.45, 7) is 3.62. The van der Waals surface area contributed by atoms with Crippen LogP contribution in [0.15, 0.2) is 66.7 Å². The first-order valence-electron chi connectivity index (χ1n) is 13.4. The molecule has 0 radical (unpaired) electrons. The predicted octanol–water partition coefficient (Wildman–Crippen LogP) is 4.70. The number of sulfonamides is 1. The number of nitrogens with one attached hydrogen (secondary N) is 1. The van der Waals surface area contributed by atoms with Gasteiger partial charge in [0.1, 0.15) is 25.8 Å². The van der Waals surface area contributed by atoms with Gasteiger partial charge in [-0.25, -0.2) is 8.42 Å². The molecule has 1 aliphatic rings. The van der Waals surface area contributed by atoms with Crippen LogP contribution in [0.1, 0.15) is 25.0 Å². The molecule has 0 saturated heterocycles. The number of nitrogens with zero attached hydrogens (tertiary/aromatic N) is 2. The minimum absolute atomic E-state index is 0.126. The van der Waals surface area contributed by atoms with E-state index in [1.807, 2.05) is 44.2 Å². The zero-order chi connectivity index (χ0) is 30.4. The molecule has 0 spiro atoms. The van der Waals surface area contributed by atoms with E-state index in [4.69, 9.17) is 32.7 Å². The Labute approximate surface area is 256 Å². The lowest BCUT2D eigenvalue weighted by molar-refractivity contribution is -0.140. The summed E-state index contributed by atoms with van der Waals surface area (Å²) >= 11 is 13.0. The van der Waals surface area contributed by atoms with Crippen molar-refractivity contribution >= 4 is 50.7 Å². The molecule has 1 heterocycles. The average molecular weight is 635 g/mol. The van der Waals surface area contributed by atoms with Gasteiger partial charge in [0.2, 0.25) is 21.8 Å². The van der Waals surface area contributed by atoms with E-state index >= 15 is 0 Å². The normalized spacial score (nSPS) is 13.4. The molecule has 0 fully saturated rings. The SMILES string of the molecule is CC(C)NC(=O)C(Cc1ccccc1)N(Cc1c(Cl)cccc1Cl)C(=O)CN(c1ccc2c(c1)OCCO2)S(C)(=O)=O. The van der Waals surface area contributed by atoms with Crippen LogP contribution in [0, 0.1) is 0 Å². The molecule has 1 N–H and O–H groups in total. The highest BCUT2D eigenvalue weighted by molar-refractivity contribution is 7.92. The molecule has 4 rings (SSSR count). The fraction of sp³-hybridized carbons (Fsp3) is 0.333. The van der Waals surface area contributed by atoms with Crippen LogP contribution in [0.25, 0.3) is 0 Å². The zero-order valence-corrected chi connectivity index (χ0v) is 25.9. The number of benzene rings is 3. The van der Waals surface area contributed by atoms with E-state index in [0.29, 0.717) is 40.3 Å². The van der Waals surface area contributed by atoms with E-state index in [0.717, 1.165) is 16.1 Å². The quantitative estimate of drug-likeness (QED) is 0.328. The summed E-state index contributed by atoms with van der Waals surface area (Å²) in [4.78, 5) is 29.2. The van der Waals surface area contributed by atoms with Crippen molar-refractivity contribution in [3.63, 3.8) is 0 Å². The number of carbonyl (C=O) groups is 2. The number of anilines is 1. The Balaban J connectivity index is 1.76. The van der Waals surface area contributed by atoms with Gasteiger partial charge in [-0.15, -0.1) is 0 Å². The van der Waals surface area contributed by atoms with Gasteiger partial charge in [0.25, 0.3) is 0 Å². The highest BCUT2D eigenvalue weighted by Gasteiger charge is 2.34. The second-order valence-corrected chi connectivity index (χ2v) is 12.9. The van der Waals surface area contributed by atoms with Crippen LogP contribution in [0.3, 0.4) is 0 Å². The smallest absolute Gasteiger partial charge is 0.244 e.